The highest BCUT2D eigenvalue weighted by molar-refractivity contribution is 5.79. The van der Waals surface area contributed by atoms with Gasteiger partial charge in [0, 0.05) is 32.5 Å². The molecule has 2 rings (SSSR count). The Morgan fingerprint density at radius 1 is 1.33 bits per heavy atom. The number of aliphatic imine (C=N–C) groups is 1. The van der Waals surface area contributed by atoms with Gasteiger partial charge in [0.2, 0.25) is 0 Å². The molecule has 0 amide bonds. The van der Waals surface area contributed by atoms with Crippen molar-refractivity contribution in [1.82, 2.24) is 14.8 Å². The van der Waals surface area contributed by atoms with Crippen molar-refractivity contribution >= 4 is 5.96 Å². The lowest BCUT2D eigenvalue weighted by atomic mass is 10.1. The van der Waals surface area contributed by atoms with Crippen LogP contribution in [-0.2, 0) is 20.1 Å². The van der Waals surface area contributed by atoms with Crippen molar-refractivity contribution in [3.8, 4) is 5.75 Å². The van der Waals surface area contributed by atoms with Crippen LogP contribution in [0.15, 0.2) is 41.5 Å². The fourth-order valence-corrected chi connectivity index (χ4v) is 2.65. The third-order valence-corrected chi connectivity index (χ3v) is 3.90. The number of nitrogens with zero attached hydrogens (tertiary/aromatic N) is 3. The number of aryl methyl sites for hydroxylation is 2. The van der Waals surface area contributed by atoms with Crippen LogP contribution in [-0.4, -0.2) is 36.1 Å². The van der Waals surface area contributed by atoms with Crippen LogP contribution < -0.4 is 10.1 Å². The number of benzene rings is 1. The Kier molecular flexibility index (Phi) is 6.29. The topological polar surface area (TPSA) is 41.8 Å². The van der Waals surface area contributed by atoms with Gasteiger partial charge in [-0.2, -0.15) is 0 Å². The monoisotopic (exact) mass is 328 g/mol. The summed E-state index contributed by atoms with van der Waals surface area (Å²) in [5.41, 5.74) is 3.58. The van der Waals surface area contributed by atoms with Gasteiger partial charge >= 0.3 is 0 Å². The van der Waals surface area contributed by atoms with Gasteiger partial charge in [-0.25, -0.2) is 4.99 Å². The normalized spacial score (nSPS) is 11.5. The molecular weight excluding hydrogens is 300 g/mol. The lowest BCUT2D eigenvalue weighted by Crippen LogP contribution is -2.38. The van der Waals surface area contributed by atoms with Crippen LogP contribution in [0.3, 0.4) is 0 Å². The maximum atomic E-state index is 5.34. The van der Waals surface area contributed by atoms with Crippen molar-refractivity contribution < 1.29 is 4.74 Å². The highest BCUT2D eigenvalue weighted by Crippen LogP contribution is 2.17. The van der Waals surface area contributed by atoms with E-state index < -0.39 is 0 Å². The summed E-state index contributed by atoms with van der Waals surface area (Å²) in [6.45, 7) is 6.43. The quantitative estimate of drug-likeness (QED) is 0.655. The van der Waals surface area contributed by atoms with Crippen LogP contribution in [0.4, 0.5) is 0 Å². The van der Waals surface area contributed by atoms with E-state index in [2.05, 4.69) is 67.1 Å². The summed E-state index contributed by atoms with van der Waals surface area (Å²) in [7, 11) is 5.82. The second kappa shape index (κ2) is 8.43. The average Bonchev–Trinajstić information content (AvgIpc) is 2.95. The summed E-state index contributed by atoms with van der Waals surface area (Å²) >= 11 is 0. The molecule has 0 radical (unpaired) electrons. The Hall–Kier alpha value is -2.43. The van der Waals surface area contributed by atoms with Crippen molar-refractivity contribution in [1.29, 1.82) is 0 Å². The zero-order chi connectivity index (χ0) is 17.5. The summed E-state index contributed by atoms with van der Waals surface area (Å²) < 4.78 is 7.47. The standard InChI is InChI=1S/C19H28N4O/c1-6-20-19(23(4)14-17-8-7-9-22(17)3)21-13-16-10-15(2)11-18(12-16)24-5/h7-12H,6,13-14H2,1-5H3,(H,20,21). The van der Waals surface area contributed by atoms with Gasteiger partial charge in [0.25, 0.3) is 0 Å². The number of nitrogens with one attached hydrogen (secondary N) is 1. The van der Waals surface area contributed by atoms with Gasteiger partial charge in [-0.1, -0.05) is 6.07 Å². The van der Waals surface area contributed by atoms with Crippen LogP contribution >= 0.6 is 0 Å². The summed E-state index contributed by atoms with van der Waals surface area (Å²) in [6, 6.07) is 10.4. The van der Waals surface area contributed by atoms with E-state index in [4.69, 9.17) is 9.73 Å². The van der Waals surface area contributed by atoms with E-state index in [1.807, 2.05) is 12.1 Å². The molecule has 0 saturated carbocycles. The molecule has 0 spiro atoms. The van der Waals surface area contributed by atoms with Crippen LogP contribution in [0.2, 0.25) is 0 Å². The van der Waals surface area contributed by atoms with E-state index in [0.717, 1.165) is 30.4 Å². The minimum atomic E-state index is 0.623. The molecule has 0 aliphatic rings. The SMILES string of the molecule is CCNC(=NCc1cc(C)cc(OC)c1)N(C)Cc1cccn1C. The lowest BCUT2D eigenvalue weighted by Gasteiger charge is -2.22. The molecule has 0 aliphatic heterocycles. The molecule has 0 bridgehead atoms. The fourth-order valence-electron chi connectivity index (χ4n) is 2.65. The Morgan fingerprint density at radius 2 is 2.12 bits per heavy atom. The fraction of sp³-hybridized carbons (Fsp3) is 0.421. The predicted molar refractivity (Wildman–Crippen MR) is 99.4 cm³/mol. The first kappa shape index (κ1) is 17.9. The Morgan fingerprint density at radius 3 is 2.75 bits per heavy atom. The Bertz CT molecular complexity index is 690. The van der Waals surface area contributed by atoms with Crippen molar-refractivity contribution in [3.63, 3.8) is 0 Å². The van der Waals surface area contributed by atoms with Crippen LogP contribution in [0.25, 0.3) is 0 Å². The molecule has 24 heavy (non-hydrogen) atoms. The van der Waals surface area contributed by atoms with Crippen molar-refractivity contribution in [3.05, 3.63) is 53.3 Å². The summed E-state index contributed by atoms with van der Waals surface area (Å²) in [5.74, 6) is 1.78. The summed E-state index contributed by atoms with van der Waals surface area (Å²) in [6.07, 6.45) is 2.06. The second-order valence-corrected chi connectivity index (χ2v) is 6.00. The van der Waals surface area contributed by atoms with Crippen molar-refractivity contribution in [2.24, 2.45) is 12.0 Å². The predicted octanol–water partition coefficient (Wildman–Crippen LogP) is 2.94. The maximum Gasteiger partial charge on any atom is 0.194 e. The van der Waals surface area contributed by atoms with Gasteiger partial charge in [0.15, 0.2) is 5.96 Å². The molecule has 0 saturated heterocycles. The minimum absolute atomic E-state index is 0.623. The van der Waals surface area contributed by atoms with Gasteiger partial charge < -0.3 is 19.5 Å². The molecule has 1 aromatic heterocycles. The van der Waals surface area contributed by atoms with Crippen LogP contribution in [0, 0.1) is 6.92 Å². The van der Waals surface area contributed by atoms with E-state index >= 15 is 0 Å². The number of rotatable bonds is 6. The Balaban J connectivity index is 2.12. The lowest BCUT2D eigenvalue weighted by molar-refractivity contribution is 0.414. The zero-order valence-electron chi connectivity index (χ0n) is 15.3. The molecule has 0 aliphatic carbocycles. The number of ether oxygens (including phenoxy) is 1. The zero-order valence-corrected chi connectivity index (χ0v) is 15.3. The van der Waals surface area contributed by atoms with E-state index in [1.54, 1.807) is 7.11 Å². The highest BCUT2D eigenvalue weighted by Gasteiger charge is 2.08. The number of methoxy groups -OCH3 is 1. The maximum absolute atomic E-state index is 5.34. The van der Waals surface area contributed by atoms with E-state index in [1.165, 1.54) is 11.3 Å². The van der Waals surface area contributed by atoms with E-state index in [9.17, 15) is 0 Å². The molecule has 1 aromatic carbocycles. The van der Waals surface area contributed by atoms with E-state index in [-0.39, 0.29) is 0 Å². The average molecular weight is 328 g/mol. The van der Waals surface area contributed by atoms with Crippen molar-refractivity contribution in [2.45, 2.75) is 26.9 Å². The van der Waals surface area contributed by atoms with Gasteiger partial charge in [-0.3, -0.25) is 0 Å². The molecule has 0 atom stereocenters. The van der Waals surface area contributed by atoms with Crippen LogP contribution in [0.1, 0.15) is 23.7 Å². The van der Waals surface area contributed by atoms with Gasteiger partial charge in [-0.05, 0) is 49.2 Å². The number of aromatic nitrogens is 1. The summed E-state index contributed by atoms with van der Waals surface area (Å²) in [5, 5.41) is 3.36. The first-order chi connectivity index (χ1) is 11.5. The number of guanidine groups is 1. The molecular formula is C19H28N4O. The molecule has 1 heterocycles. The molecule has 5 heteroatoms. The molecule has 5 nitrogen and oxygen atoms in total. The molecule has 0 fully saturated rings. The molecule has 2 aromatic rings. The second-order valence-electron chi connectivity index (χ2n) is 6.00. The van der Waals surface area contributed by atoms with E-state index in [0.29, 0.717) is 6.54 Å². The van der Waals surface area contributed by atoms with Gasteiger partial charge in [0.05, 0.1) is 20.2 Å². The number of hydrogen-bond acceptors (Lipinski definition) is 2. The van der Waals surface area contributed by atoms with Gasteiger partial charge in [-0.15, -0.1) is 0 Å². The minimum Gasteiger partial charge on any atom is -0.497 e. The smallest absolute Gasteiger partial charge is 0.194 e. The third kappa shape index (κ3) is 4.78. The first-order valence-corrected chi connectivity index (χ1v) is 8.27. The third-order valence-electron chi connectivity index (χ3n) is 3.90. The van der Waals surface area contributed by atoms with Crippen LogP contribution in [0.5, 0.6) is 5.75 Å². The van der Waals surface area contributed by atoms with Gasteiger partial charge in [0.1, 0.15) is 5.75 Å². The molecule has 130 valence electrons. The Labute approximate surface area is 145 Å². The summed E-state index contributed by atoms with van der Waals surface area (Å²) in [4.78, 5) is 6.92. The largest absolute Gasteiger partial charge is 0.497 e. The molecule has 0 unspecified atom stereocenters. The van der Waals surface area contributed by atoms with Crippen molar-refractivity contribution in [2.75, 3.05) is 20.7 Å². The highest BCUT2D eigenvalue weighted by atomic mass is 16.5. The first-order valence-electron chi connectivity index (χ1n) is 8.27. The number of hydrogen-bond donors (Lipinski definition) is 1. The molecule has 1 N–H and O–H groups in total.